The molecule has 2 rings (SSSR count). The second kappa shape index (κ2) is 4.12. The Kier molecular flexibility index (Phi) is 2.83. The van der Waals surface area contributed by atoms with Crippen LogP contribution in [0.4, 0.5) is 4.39 Å². The summed E-state index contributed by atoms with van der Waals surface area (Å²) < 4.78 is 18.7. The predicted octanol–water partition coefficient (Wildman–Crippen LogP) is 2.74. The van der Waals surface area contributed by atoms with Gasteiger partial charge in [0.25, 0.3) is 0 Å². The molecule has 0 aliphatic carbocycles. The Labute approximate surface area is 93.7 Å². The normalized spacial score (nSPS) is 10.6. The molecule has 15 heavy (non-hydrogen) atoms. The van der Waals surface area contributed by atoms with Crippen LogP contribution < -0.4 is 0 Å². The van der Waals surface area contributed by atoms with Gasteiger partial charge in [0.15, 0.2) is 12.2 Å². The van der Waals surface area contributed by atoms with Gasteiger partial charge in [-0.1, -0.05) is 0 Å². The monoisotopic (exact) mass is 271 g/mol. The lowest BCUT2D eigenvalue weighted by atomic mass is 10.1. The van der Waals surface area contributed by atoms with E-state index in [1.807, 2.05) is 0 Å². The van der Waals surface area contributed by atoms with E-state index in [1.165, 1.54) is 12.5 Å². The minimum atomic E-state index is -0.382. The Bertz CT molecular complexity index is 484. The van der Waals surface area contributed by atoms with Crippen molar-refractivity contribution in [2.24, 2.45) is 0 Å². The minimum absolute atomic E-state index is 0.233. The fourth-order valence-electron chi connectivity index (χ4n) is 1.25. The van der Waals surface area contributed by atoms with Gasteiger partial charge in [-0.2, -0.15) is 0 Å². The van der Waals surface area contributed by atoms with Crippen molar-refractivity contribution in [3.63, 3.8) is 0 Å². The molecule has 1 aromatic carbocycles. The zero-order valence-corrected chi connectivity index (χ0v) is 9.16. The SMILES string of the molecule is OCc1ncoc1-c1ccc(Br)c(F)c1. The van der Waals surface area contributed by atoms with Gasteiger partial charge in [-0.25, -0.2) is 9.37 Å². The number of hydrogen-bond acceptors (Lipinski definition) is 3. The van der Waals surface area contributed by atoms with Gasteiger partial charge in [0.05, 0.1) is 11.1 Å². The highest BCUT2D eigenvalue weighted by Gasteiger charge is 2.11. The highest BCUT2D eigenvalue weighted by molar-refractivity contribution is 9.10. The van der Waals surface area contributed by atoms with E-state index in [2.05, 4.69) is 20.9 Å². The Hall–Kier alpha value is -1.20. The van der Waals surface area contributed by atoms with Gasteiger partial charge in [0.1, 0.15) is 11.5 Å². The molecule has 5 heteroatoms. The number of oxazole rings is 1. The van der Waals surface area contributed by atoms with Crippen LogP contribution in [-0.2, 0) is 6.61 Å². The molecule has 0 bridgehead atoms. The molecule has 0 aliphatic rings. The minimum Gasteiger partial charge on any atom is -0.443 e. The van der Waals surface area contributed by atoms with Gasteiger partial charge in [0, 0.05) is 5.56 Å². The summed E-state index contributed by atoms with van der Waals surface area (Å²) in [5.41, 5.74) is 0.953. The lowest BCUT2D eigenvalue weighted by molar-refractivity contribution is 0.277. The molecule has 0 radical (unpaired) electrons. The van der Waals surface area contributed by atoms with Crippen LogP contribution in [-0.4, -0.2) is 10.1 Å². The molecule has 0 saturated carbocycles. The van der Waals surface area contributed by atoms with Crippen LogP contribution in [0, 0.1) is 5.82 Å². The van der Waals surface area contributed by atoms with E-state index < -0.39 is 0 Å². The van der Waals surface area contributed by atoms with Crippen molar-refractivity contribution in [2.45, 2.75) is 6.61 Å². The van der Waals surface area contributed by atoms with Crippen LogP contribution in [0.25, 0.3) is 11.3 Å². The van der Waals surface area contributed by atoms with E-state index in [0.29, 0.717) is 21.5 Å². The maximum atomic E-state index is 13.2. The Morgan fingerprint density at radius 1 is 1.47 bits per heavy atom. The van der Waals surface area contributed by atoms with Crippen LogP contribution in [0.2, 0.25) is 0 Å². The van der Waals surface area contributed by atoms with Crippen molar-refractivity contribution in [3.8, 4) is 11.3 Å². The van der Waals surface area contributed by atoms with E-state index in [1.54, 1.807) is 12.1 Å². The van der Waals surface area contributed by atoms with Gasteiger partial charge in [-0.15, -0.1) is 0 Å². The maximum Gasteiger partial charge on any atom is 0.181 e. The number of aliphatic hydroxyl groups is 1. The second-order valence-electron chi connectivity index (χ2n) is 2.92. The molecule has 0 spiro atoms. The van der Waals surface area contributed by atoms with E-state index in [-0.39, 0.29) is 12.4 Å². The summed E-state index contributed by atoms with van der Waals surface area (Å²) in [6, 6.07) is 4.59. The first-order valence-electron chi connectivity index (χ1n) is 4.21. The van der Waals surface area contributed by atoms with Crippen molar-refractivity contribution in [1.29, 1.82) is 0 Å². The first kappa shape index (κ1) is 10.3. The summed E-state index contributed by atoms with van der Waals surface area (Å²) in [6.07, 6.45) is 1.22. The number of rotatable bonds is 2. The highest BCUT2D eigenvalue weighted by Crippen LogP contribution is 2.26. The number of nitrogens with zero attached hydrogens (tertiary/aromatic N) is 1. The maximum absolute atomic E-state index is 13.2. The lowest BCUT2D eigenvalue weighted by Crippen LogP contribution is -1.87. The summed E-state index contributed by atoms with van der Waals surface area (Å²) in [5.74, 6) is 0.0108. The summed E-state index contributed by atoms with van der Waals surface area (Å²) in [7, 11) is 0. The zero-order chi connectivity index (χ0) is 10.8. The number of halogens is 2. The Morgan fingerprint density at radius 2 is 2.27 bits per heavy atom. The molecule has 1 N–H and O–H groups in total. The summed E-state index contributed by atoms with van der Waals surface area (Å²) in [4.78, 5) is 3.81. The van der Waals surface area contributed by atoms with E-state index in [9.17, 15) is 4.39 Å². The smallest absolute Gasteiger partial charge is 0.181 e. The van der Waals surface area contributed by atoms with E-state index >= 15 is 0 Å². The standard InChI is InChI=1S/C10H7BrFNO2/c11-7-2-1-6(3-8(7)12)10-9(4-14)13-5-15-10/h1-3,5,14H,4H2. The fourth-order valence-corrected chi connectivity index (χ4v) is 1.50. The van der Waals surface area contributed by atoms with Gasteiger partial charge in [-0.05, 0) is 34.1 Å². The third kappa shape index (κ3) is 1.93. The van der Waals surface area contributed by atoms with E-state index in [4.69, 9.17) is 9.52 Å². The second-order valence-corrected chi connectivity index (χ2v) is 3.77. The average Bonchev–Trinajstić information content (AvgIpc) is 2.70. The van der Waals surface area contributed by atoms with Gasteiger partial charge < -0.3 is 9.52 Å². The molecular formula is C10H7BrFNO2. The fraction of sp³-hybridized carbons (Fsp3) is 0.100. The quantitative estimate of drug-likeness (QED) is 0.914. The van der Waals surface area contributed by atoms with Crippen molar-refractivity contribution < 1.29 is 13.9 Å². The van der Waals surface area contributed by atoms with Crippen molar-refractivity contribution in [1.82, 2.24) is 4.98 Å². The molecule has 78 valence electrons. The third-order valence-electron chi connectivity index (χ3n) is 1.97. The molecule has 3 nitrogen and oxygen atoms in total. The van der Waals surface area contributed by atoms with Crippen LogP contribution in [0.15, 0.2) is 33.5 Å². The lowest BCUT2D eigenvalue weighted by Gasteiger charge is -2.00. The molecule has 0 unspecified atom stereocenters. The topological polar surface area (TPSA) is 46.3 Å². The molecule has 0 fully saturated rings. The Balaban J connectivity index is 2.50. The summed E-state index contributed by atoms with van der Waals surface area (Å²) in [5, 5.41) is 8.97. The van der Waals surface area contributed by atoms with E-state index in [0.717, 1.165) is 0 Å². The Morgan fingerprint density at radius 3 is 2.93 bits per heavy atom. The molecule has 1 heterocycles. The predicted molar refractivity (Wildman–Crippen MR) is 55.5 cm³/mol. The van der Waals surface area contributed by atoms with Gasteiger partial charge in [0.2, 0.25) is 0 Å². The summed E-state index contributed by atoms with van der Waals surface area (Å²) >= 11 is 3.06. The van der Waals surface area contributed by atoms with Crippen molar-refractivity contribution >= 4 is 15.9 Å². The summed E-state index contributed by atoms with van der Waals surface area (Å²) in [6.45, 7) is -0.233. The van der Waals surface area contributed by atoms with Crippen molar-refractivity contribution in [2.75, 3.05) is 0 Å². The molecule has 0 aliphatic heterocycles. The molecule has 0 atom stereocenters. The molecule has 1 aromatic heterocycles. The van der Waals surface area contributed by atoms with Crippen LogP contribution >= 0.6 is 15.9 Å². The number of aliphatic hydroxyl groups excluding tert-OH is 1. The number of hydrogen-bond donors (Lipinski definition) is 1. The van der Waals surface area contributed by atoms with Gasteiger partial charge >= 0.3 is 0 Å². The largest absolute Gasteiger partial charge is 0.443 e. The third-order valence-corrected chi connectivity index (χ3v) is 2.62. The first-order valence-corrected chi connectivity index (χ1v) is 5.00. The van der Waals surface area contributed by atoms with Crippen LogP contribution in [0.1, 0.15) is 5.69 Å². The average molecular weight is 272 g/mol. The molecular weight excluding hydrogens is 265 g/mol. The van der Waals surface area contributed by atoms with Gasteiger partial charge in [-0.3, -0.25) is 0 Å². The molecule has 2 aromatic rings. The first-order chi connectivity index (χ1) is 7.22. The highest BCUT2D eigenvalue weighted by atomic mass is 79.9. The molecule has 0 amide bonds. The van der Waals surface area contributed by atoms with Crippen LogP contribution in [0.3, 0.4) is 0 Å². The zero-order valence-electron chi connectivity index (χ0n) is 7.58. The van der Waals surface area contributed by atoms with Crippen LogP contribution in [0.5, 0.6) is 0 Å². The number of aromatic nitrogens is 1. The number of benzene rings is 1. The van der Waals surface area contributed by atoms with Crippen molar-refractivity contribution in [3.05, 3.63) is 40.6 Å². The molecule has 0 saturated heterocycles.